The number of esters is 1. The van der Waals surface area contributed by atoms with Crippen molar-refractivity contribution in [1.82, 2.24) is 5.32 Å². The first-order valence-corrected chi connectivity index (χ1v) is 8.68. The standard InChI is InChI=1S/C18H29NO2/c1-3-21-17(20)5-4-6-19-13(2)18-10-14-7-15(11-18)9-16(8-14)12-18/h4-5,13-16,19H,3,6-12H2,1-2H3/b5-4+. The molecule has 0 radical (unpaired) electrons. The van der Waals surface area contributed by atoms with E-state index in [2.05, 4.69) is 12.2 Å². The number of ether oxygens (including phenoxy) is 1. The maximum Gasteiger partial charge on any atom is 0.330 e. The number of carbonyl (C=O) groups is 1. The van der Waals surface area contributed by atoms with E-state index in [4.69, 9.17) is 4.74 Å². The average molecular weight is 291 g/mol. The Bertz CT molecular complexity index is 380. The van der Waals surface area contributed by atoms with Crippen LogP contribution in [0.3, 0.4) is 0 Å². The third-order valence-corrected chi connectivity index (χ3v) is 6.09. The van der Waals surface area contributed by atoms with Gasteiger partial charge in [0, 0.05) is 18.7 Å². The summed E-state index contributed by atoms with van der Waals surface area (Å²) in [6.45, 7) is 5.40. The predicted octanol–water partition coefficient (Wildman–Crippen LogP) is 3.30. The summed E-state index contributed by atoms with van der Waals surface area (Å²) in [5.41, 5.74) is 0.534. The van der Waals surface area contributed by atoms with Gasteiger partial charge in [-0.15, -0.1) is 0 Å². The fourth-order valence-corrected chi connectivity index (χ4v) is 5.51. The van der Waals surface area contributed by atoms with Gasteiger partial charge in [0.2, 0.25) is 0 Å². The number of hydrogen-bond acceptors (Lipinski definition) is 3. The van der Waals surface area contributed by atoms with Crippen LogP contribution in [0.25, 0.3) is 0 Å². The maximum atomic E-state index is 11.3. The van der Waals surface area contributed by atoms with Gasteiger partial charge in [-0.05, 0) is 75.5 Å². The summed E-state index contributed by atoms with van der Waals surface area (Å²) in [5, 5.41) is 3.64. The molecule has 0 saturated heterocycles. The van der Waals surface area contributed by atoms with Crippen molar-refractivity contribution in [2.24, 2.45) is 23.2 Å². The van der Waals surface area contributed by atoms with Crippen LogP contribution in [0.2, 0.25) is 0 Å². The van der Waals surface area contributed by atoms with Gasteiger partial charge < -0.3 is 10.1 Å². The van der Waals surface area contributed by atoms with Gasteiger partial charge in [0.15, 0.2) is 0 Å². The third-order valence-electron chi connectivity index (χ3n) is 6.09. The highest BCUT2D eigenvalue weighted by molar-refractivity contribution is 5.81. The molecule has 0 spiro atoms. The molecule has 3 heteroatoms. The average Bonchev–Trinajstić information content (AvgIpc) is 2.42. The monoisotopic (exact) mass is 291 g/mol. The lowest BCUT2D eigenvalue weighted by atomic mass is 9.48. The van der Waals surface area contributed by atoms with Gasteiger partial charge >= 0.3 is 5.97 Å². The van der Waals surface area contributed by atoms with Crippen LogP contribution in [0.5, 0.6) is 0 Å². The van der Waals surface area contributed by atoms with Crippen molar-refractivity contribution in [2.45, 2.75) is 58.4 Å². The van der Waals surface area contributed by atoms with E-state index >= 15 is 0 Å². The van der Waals surface area contributed by atoms with Crippen LogP contribution < -0.4 is 5.32 Å². The van der Waals surface area contributed by atoms with Crippen LogP contribution >= 0.6 is 0 Å². The molecule has 1 N–H and O–H groups in total. The molecular weight excluding hydrogens is 262 g/mol. The topological polar surface area (TPSA) is 38.3 Å². The molecule has 0 aromatic heterocycles. The molecule has 0 amide bonds. The van der Waals surface area contributed by atoms with Crippen molar-refractivity contribution in [2.75, 3.05) is 13.2 Å². The summed E-state index contributed by atoms with van der Waals surface area (Å²) in [7, 11) is 0. The van der Waals surface area contributed by atoms with Gasteiger partial charge in [0.1, 0.15) is 0 Å². The number of nitrogens with one attached hydrogen (secondary N) is 1. The van der Waals surface area contributed by atoms with Crippen LogP contribution in [-0.4, -0.2) is 25.2 Å². The van der Waals surface area contributed by atoms with Crippen LogP contribution in [0.4, 0.5) is 0 Å². The Balaban J connectivity index is 1.51. The van der Waals surface area contributed by atoms with E-state index in [9.17, 15) is 4.79 Å². The Morgan fingerprint density at radius 1 is 1.24 bits per heavy atom. The van der Waals surface area contributed by atoms with Crippen molar-refractivity contribution in [3.8, 4) is 0 Å². The van der Waals surface area contributed by atoms with E-state index in [0.717, 1.165) is 24.3 Å². The minimum atomic E-state index is -0.234. The highest BCUT2D eigenvalue weighted by Crippen LogP contribution is 2.61. The lowest BCUT2D eigenvalue weighted by Gasteiger charge is -2.59. The first-order valence-electron chi connectivity index (χ1n) is 8.68. The van der Waals surface area contributed by atoms with Gasteiger partial charge in [0.05, 0.1) is 6.61 Å². The van der Waals surface area contributed by atoms with Crippen molar-refractivity contribution in [1.29, 1.82) is 0 Å². The highest BCUT2D eigenvalue weighted by atomic mass is 16.5. The van der Waals surface area contributed by atoms with Crippen LogP contribution in [0.15, 0.2) is 12.2 Å². The molecule has 0 aromatic rings. The van der Waals surface area contributed by atoms with E-state index in [1.165, 1.54) is 38.5 Å². The smallest absolute Gasteiger partial charge is 0.330 e. The first kappa shape index (κ1) is 15.1. The summed E-state index contributed by atoms with van der Waals surface area (Å²) < 4.78 is 4.90. The third kappa shape index (κ3) is 3.18. The van der Waals surface area contributed by atoms with Gasteiger partial charge in [0.25, 0.3) is 0 Å². The molecule has 0 aromatic carbocycles. The summed E-state index contributed by atoms with van der Waals surface area (Å²) in [6, 6.07) is 0.553. The fraction of sp³-hybridized carbons (Fsp3) is 0.833. The van der Waals surface area contributed by atoms with E-state index < -0.39 is 0 Å². The van der Waals surface area contributed by atoms with E-state index in [-0.39, 0.29) is 5.97 Å². The molecule has 21 heavy (non-hydrogen) atoms. The number of rotatable bonds is 6. The Morgan fingerprint density at radius 2 is 1.81 bits per heavy atom. The molecular formula is C18H29NO2. The van der Waals surface area contributed by atoms with Crippen LogP contribution in [-0.2, 0) is 9.53 Å². The zero-order valence-electron chi connectivity index (χ0n) is 13.4. The van der Waals surface area contributed by atoms with E-state index in [1.807, 2.05) is 13.0 Å². The highest BCUT2D eigenvalue weighted by Gasteiger charge is 2.52. The molecule has 0 aliphatic heterocycles. The second-order valence-corrected chi connectivity index (χ2v) is 7.56. The largest absolute Gasteiger partial charge is 0.463 e. The number of carbonyl (C=O) groups excluding carboxylic acids is 1. The maximum absolute atomic E-state index is 11.3. The minimum absolute atomic E-state index is 0.234. The molecule has 1 unspecified atom stereocenters. The summed E-state index contributed by atoms with van der Waals surface area (Å²) in [4.78, 5) is 11.3. The van der Waals surface area contributed by atoms with Gasteiger partial charge in [-0.1, -0.05) is 6.08 Å². The quantitative estimate of drug-likeness (QED) is 0.603. The molecule has 4 aliphatic carbocycles. The zero-order valence-corrected chi connectivity index (χ0v) is 13.4. The first-order chi connectivity index (χ1) is 10.1. The molecule has 4 aliphatic rings. The molecule has 118 valence electrons. The molecule has 3 nitrogen and oxygen atoms in total. The van der Waals surface area contributed by atoms with Crippen molar-refractivity contribution < 1.29 is 9.53 Å². The van der Waals surface area contributed by atoms with Gasteiger partial charge in [-0.3, -0.25) is 0 Å². The molecule has 4 bridgehead atoms. The molecule has 1 atom stereocenters. The van der Waals surface area contributed by atoms with Gasteiger partial charge in [-0.2, -0.15) is 0 Å². The van der Waals surface area contributed by atoms with Crippen molar-refractivity contribution >= 4 is 5.97 Å². The number of hydrogen-bond donors (Lipinski definition) is 1. The fourth-order valence-electron chi connectivity index (χ4n) is 5.51. The SMILES string of the molecule is CCOC(=O)/C=C/CNC(C)C12CC3CC(CC(C3)C1)C2. The van der Waals surface area contributed by atoms with Crippen molar-refractivity contribution in [3.63, 3.8) is 0 Å². The Hall–Kier alpha value is -0.830. The molecule has 4 saturated carbocycles. The Kier molecular flexibility index (Phi) is 4.39. The molecule has 4 rings (SSSR count). The van der Waals surface area contributed by atoms with E-state index in [1.54, 1.807) is 6.08 Å². The van der Waals surface area contributed by atoms with Gasteiger partial charge in [-0.25, -0.2) is 4.79 Å². The summed E-state index contributed by atoms with van der Waals surface area (Å²) in [6.07, 6.45) is 12.2. The van der Waals surface area contributed by atoms with Crippen molar-refractivity contribution in [3.05, 3.63) is 12.2 Å². The lowest BCUT2D eigenvalue weighted by molar-refractivity contribution is -0.137. The zero-order chi connectivity index (χ0) is 14.9. The Morgan fingerprint density at radius 3 is 2.33 bits per heavy atom. The predicted molar refractivity (Wildman–Crippen MR) is 83.8 cm³/mol. The summed E-state index contributed by atoms with van der Waals surface area (Å²) >= 11 is 0. The second kappa shape index (κ2) is 6.12. The molecule has 4 fully saturated rings. The second-order valence-electron chi connectivity index (χ2n) is 7.56. The summed E-state index contributed by atoms with van der Waals surface area (Å²) in [5.74, 6) is 2.75. The normalized spacial score (nSPS) is 38.9. The van der Waals surface area contributed by atoms with Crippen LogP contribution in [0.1, 0.15) is 52.4 Å². The van der Waals surface area contributed by atoms with Crippen LogP contribution in [0, 0.1) is 23.2 Å². The minimum Gasteiger partial charge on any atom is -0.463 e. The molecule has 0 heterocycles. The Labute approximate surface area is 128 Å². The van der Waals surface area contributed by atoms with E-state index in [0.29, 0.717) is 18.1 Å². The lowest BCUT2D eigenvalue weighted by Crippen LogP contribution is -2.54.